The van der Waals surface area contributed by atoms with Crippen LogP contribution in [-0.2, 0) is 9.59 Å². The average molecular weight is 579 g/mol. The van der Waals surface area contributed by atoms with Gasteiger partial charge < -0.3 is 25.7 Å². The van der Waals surface area contributed by atoms with E-state index in [1.807, 2.05) is 36.5 Å². The SMILES string of the molecule is CNc1nc([C@H]2CCCN2C(=O)[C@H](O)[C@@H](O)C(=O)N[C@H](C)c2ccc(-n3cccn3)cc2)c(-c2ccc(F)cc2)s1. The largest absolute Gasteiger partial charge is 0.380 e. The fourth-order valence-electron chi connectivity index (χ4n) is 4.96. The number of hydrogen-bond donors (Lipinski definition) is 4. The summed E-state index contributed by atoms with van der Waals surface area (Å²) in [5.41, 5.74) is 3.00. The van der Waals surface area contributed by atoms with Gasteiger partial charge >= 0.3 is 0 Å². The Kier molecular flexibility index (Phi) is 8.43. The van der Waals surface area contributed by atoms with Crippen molar-refractivity contribution in [1.82, 2.24) is 25.0 Å². The van der Waals surface area contributed by atoms with E-state index in [0.717, 1.165) is 21.7 Å². The van der Waals surface area contributed by atoms with Gasteiger partial charge in [0.05, 0.1) is 28.3 Å². The molecular weight excluding hydrogens is 547 g/mol. The molecule has 3 heterocycles. The standard InChI is InChI=1S/C29H31FN6O4S/c1-17(18-8-12-21(13-9-18)36-16-4-14-32-36)33-27(39)24(37)25(38)28(40)35-15-3-5-22(35)23-26(41-29(31-2)34-23)19-6-10-20(30)11-7-19/h4,6-14,16-17,22,24-25,37-38H,3,5,15H2,1-2H3,(H,31,34)(H,33,39)/t17-,22-,24-,25-/m1/s1. The molecule has 4 aromatic rings. The Morgan fingerprint density at radius 1 is 1.10 bits per heavy atom. The highest BCUT2D eigenvalue weighted by molar-refractivity contribution is 7.19. The van der Waals surface area contributed by atoms with Crippen LogP contribution in [0.2, 0.25) is 0 Å². The molecular formula is C29H31FN6O4S. The molecule has 2 aromatic carbocycles. The van der Waals surface area contributed by atoms with E-state index in [2.05, 4.69) is 20.7 Å². The number of nitrogens with one attached hydrogen (secondary N) is 2. The Balaban J connectivity index is 1.27. The van der Waals surface area contributed by atoms with Crippen molar-refractivity contribution in [3.63, 3.8) is 0 Å². The zero-order chi connectivity index (χ0) is 29.1. The third kappa shape index (κ3) is 5.99. The number of benzene rings is 2. The molecule has 0 saturated carbocycles. The van der Waals surface area contributed by atoms with Crippen molar-refractivity contribution in [3.05, 3.63) is 84.1 Å². The molecule has 2 amide bonds. The first-order valence-electron chi connectivity index (χ1n) is 13.3. The van der Waals surface area contributed by atoms with Gasteiger partial charge in [-0.3, -0.25) is 9.59 Å². The molecule has 1 fully saturated rings. The van der Waals surface area contributed by atoms with E-state index in [1.54, 1.807) is 37.0 Å². The van der Waals surface area contributed by atoms with Gasteiger partial charge in [-0.1, -0.05) is 35.6 Å². The lowest BCUT2D eigenvalue weighted by molar-refractivity contribution is -0.154. The van der Waals surface area contributed by atoms with Crippen LogP contribution >= 0.6 is 11.3 Å². The minimum atomic E-state index is -1.96. The van der Waals surface area contributed by atoms with E-state index in [4.69, 9.17) is 0 Å². The molecule has 1 aliphatic heterocycles. The smallest absolute Gasteiger partial charge is 0.255 e. The number of rotatable bonds is 9. The van der Waals surface area contributed by atoms with Crippen molar-refractivity contribution in [2.24, 2.45) is 0 Å². The highest BCUT2D eigenvalue weighted by Crippen LogP contribution is 2.42. The minimum absolute atomic E-state index is 0.336. The quantitative estimate of drug-likeness (QED) is 0.239. The van der Waals surface area contributed by atoms with Crippen molar-refractivity contribution < 1.29 is 24.2 Å². The molecule has 0 aliphatic carbocycles. The predicted molar refractivity (Wildman–Crippen MR) is 153 cm³/mol. The van der Waals surface area contributed by atoms with E-state index in [9.17, 15) is 24.2 Å². The molecule has 0 unspecified atom stereocenters. The van der Waals surface area contributed by atoms with Gasteiger partial charge in [0.1, 0.15) is 5.82 Å². The number of anilines is 1. The summed E-state index contributed by atoms with van der Waals surface area (Å²) in [6.07, 6.45) is 0.823. The fraction of sp³-hybridized carbons (Fsp3) is 0.310. The van der Waals surface area contributed by atoms with Crippen LogP contribution in [0.4, 0.5) is 9.52 Å². The van der Waals surface area contributed by atoms with Crippen molar-refractivity contribution in [1.29, 1.82) is 0 Å². The van der Waals surface area contributed by atoms with Crippen LogP contribution in [0.5, 0.6) is 0 Å². The molecule has 0 bridgehead atoms. The van der Waals surface area contributed by atoms with Gasteiger partial charge in [-0.15, -0.1) is 0 Å². The van der Waals surface area contributed by atoms with E-state index in [1.165, 1.54) is 28.4 Å². The zero-order valence-corrected chi connectivity index (χ0v) is 23.4. The molecule has 12 heteroatoms. The second-order valence-electron chi connectivity index (χ2n) is 9.84. The van der Waals surface area contributed by atoms with E-state index in [-0.39, 0.29) is 5.82 Å². The van der Waals surface area contributed by atoms with Gasteiger partial charge in [0.25, 0.3) is 11.8 Å². The number of likely N-dealkylation sites (tertiary alicyclic amines) is 1. The molecule has 0 radical (unpaired) electrons. The molecule has 10 nitrogen and oxygen atoms in total. The number of amides is 2. The van der Waals surface area contributed by atoms with Crippen LogP contribution < -0.4 is 10.6 Å². The molecule has 214 valence electrons. The van der Waals surface area contributed by atoms with Crippen LogP contribution in [0, 0.1) is 5.82 Å². The Hall–Kier alpha value is -4.13. The maximum atomic E-state index is 13.6. The van der Waals surface area contributed by atoms with Gasteiger partial charge in [-0.05, 0) is 61.2 Å². The van der Waals surface area contributed by atoms with Gasteiger partial charge in [-0.25, -0.2) is 14.1 Å². The molecule has 41 heavy (non-hydrogen) atoms. The average Bonchev–Trinajstić information content (AvgIpc) is 3.77. The van der Waals surface area contributed by atoms with Gasteiger partial charge in [0.2, 0.25) is 0 Å². The van der Waals surface area contributed by atoms with Crippen LogP contribution in [0.3, 0.4) is 0 Å². The molecule has 5 rings (SSSR count). The molecule has 0 spiro atoms. The number of aromatic nitrogens is 3. The first-order chi connectivity index (χ1) is 19.8. The summed E-state index contributed by atoms with van der Waals surface area (Å²) in [5, 5.41) is 32.0. The Morgan fingerprint density at radius 3 is 2.49 bits per heavy atom. The van der Waals surface area contributed by atoms with Gasteiger partial charge in [-0.2, -0.15) is 5.10 Å². The van der Waals surface area contributed by atoms with Crippen LogP contribution in [0.15, 0.2) is 67.0 Å². The van der Waals surface area contributed by atoms with Gasteiger partial charge in [0.15, 0.2) is 17.3 Å². The van der Waals surface area contributed by atoms with Gasteiger partial charge in [0, 0.05) is 26.0 Å². The summed E-state index contributed by atoms with van der Waals surface area (Å²) >= 11 is 1.38. The third-order valence-corrected chi connectivity index (χ3v) is 8.30. The second-order valence-corrected chi connectivity index (χ2v) is 10.8. The Labute approximate surface area is 240 Å². The third-order valence-electron chi connectivity index (χ3n) is 7.17. The van der Waals surface area contributed by atoms with E-state index < -0.39 is 36.1 Å². The topological polar surface area (TPSA) is 133 Å². The van der Waals surface area contributed by atoms with Crippen LogP contribution in [-0.4, -0.2) is 67.5 Å². The molecule has 4 N–H and O–H groups in total. The number of aliphatic hydroxyl groups excluding tert-OH is 2. The lowest BCUT2D eigenvalue weighted by atomic mass is 10.0. The monoisotopic (exact) mass is 578 g/mol. The Morgan fingerprint density at radius 2 is 1.83 bits per heavy atom. The normalized spacial score (nSPS) is 17.2. The molecule has 1 aliphatic rings. The zero-order valence-electron chi connectivity index (χ0n) is 22.6. The number of carbonyl (C=O) groups is 2. The lowest BCUT2D eigenvalue weighted by Crippen LogP contribution is -2.51. The number of aliphatic hydroxyl groups is 2. The minimum Gasteiger partial charge on any atom is -0.380 e. The summed E-state index contributed by atoms with van der Waals surface area (Å²) in [6.45, 7) is 2.08. The number of halogens is 1. The number of carbonyl (C=O) groups excluding carboxylic acids is 2. The van der Waals surface area contributed by atoms with Crippen molar-refractivity contribution in [3.8, 4) is 16.1 Å². The van der Waals surface area contributed by atoms with Crippen molar-refractivity contribution in [2.45, 2.75) is 44.1 Å². The van der Waals surface area contributed by atoms with Crippen molar-refractivity contribution in [2.75, 3.05) is 18.9 Å². The summed E-state index contributed by atoms with van der Waals surface area (Å²) in [4.78, 5) is 33.1. The highest BCUT2D eigenvalue weighted by Gasteiger charge is 2.40. The van der Waals surface area contributed by atoms with Crippen LogP contribution in [0.25, 0.3) is 16.1 Å². The maximum absolute atomic E-state index is 13.6. The summed E-state index contributed by atoms with van der Waals surface area (Å²) in [7, 11) is 1.74. The first-order valence-corrected chi connectivity index (χ1v) is 14.1. The lowest BCUT2D eigenvalue weighted by Gasteiger charge is -2.28. The second kappa shape index (κ2) is 12.2. The van der Waals surface area contributed by atoms with Crippen molar-refractivity contribution >= 4 is 28.3 Å². The fourth-order valence-corrected chi connectivity index (χ4v) is 5.93. The first kappa shape index (κ1) is 28.4. The maximum Gasteiger partial charge on any atom is 0.255 e. The summed E-state index contributed by atoms with van der Waals surface area (Å²) in [5.74, 6) is -1.97. The molecule has 1 saturated heterocycles. The molecule has 2 aromatic heterocycles. The number of hydrogen-bond acceptors (Lipinski definition) is 8. The molecule has 4 atom stereocenters. The predicted octanol–water partition coefficient (Wildman–Crippen LogP) is 3.44. The number of nitrogens with zero attached hydrogens (tertiary/aromatic N) is 4. The Bertz CT molecular complexity index is 1490. The summed E-state index contributed by atoms with van der Waals surface area (Å²) < 4.78 is 15.3. The number of thiazole rings is 1. The van der Waals surface area contributed by atoms with E-state index >= 15 is 0 Å². The summed E-state index contributed by atoms with van der Waals surface area (Å²) in [6, 6.07) is 14.3. The van der Waals surface area contributed by atoms with E-state index in [0.29, 0.717) is 30.2 Å². The van der Waals surface area contributed by atoms with Crippen LogP contribution in [0.1, 0.15) is 43.1 Å². The highest BCUT2D eigenvalue weighted by atomic mass is 32.1.